The van der Waals surface area contributed by atoms with E-state index in [1.54, 1.807) is 12.4 Å². The summed E-state index contributed by atoms with van der Waals surface area (Å²) < 4.78 is 1.83. The lowest BCUT2D eigenvalue weighted by Gasteiger charge is -2.28. The van der Waals surface area contributed by atoms with E-state index in [0.717, 1.165) is 24.3 Å². The number of fused-ring (bicyclic) bond motifs is 1. The van der Waals surface area contributed by atoms with E-state index in [9.17, 15) is 0 Å². The molecule has 0 saturated heterocycles. The van der Waals surface area contributed by atoms with E-state index in [-0.39, 0.29) is 0 Å². The van der Waals surface area contributed by atoms with Crippen LogP contribution in [0.5, 0.6) is 0 Å². The molecule has 0 aliphatic heterocycles. The molecule has 2 atom stereocenters. The van der Waals surface area contributed by atoms with E-state index >= 15 is 0 Å². The Labute approximate surface area is 106 Å². The molecule has 0 spiro atoms. The molecular formula is C13H19N5. The number of hydrogen-bond donors (Lipinski definition) is 2. The van der Waals surface area contributed by atoms with Crippen molar-refractivity contribution in [1.29, 1.82) is 0 Å². The monoisotopic (exact) mass is 245 g/mol. The van der Waals surface area contributed by atoms with E-state index in [2.05, 4.69) is 15.4 Å². The predicted molar refractivity (Wildman–Crippen MR) is 71.4 cm³/mol. The van der Waals surface area contributed by atoms with Crippen LogP contribution in [0.2, 0.25) is 0 Å². The molecule has 5 nitrogen and oxygen atoms in total. The molecule has 5 heteroatoms. The molecule has 2 aromatic rings. The highest BCUT2D eigenvalue weighted by atomic mass is 15.2. The van der Waals surface area contributed by atoms with Gasteiger partial charge < -0.3 is 11.1 Å². The molecule has 3 N–H and O–H groups in total. The van der Waals surface area contributed by atoms with Crippen LogP contribution in [-0.2, 0) is 0 Å². The normalized spacial score (nSPS) is 24.3. The summed E-state index contributed by atoms with van der Waals surface area (Å²) in [5.74, 6) is 1.46. The zero-order chi connectivity index (χ0) is 12.4. The number of anilines is 1. The van der Waals surface area contributed by atoms with E-state index in [1.807, 2.05) is 16.8 Å². The molecule has 2 heterocycles. The Balaban J connectivity index is 1.71. The summed E-state index contributed by atoms with van der Waals surface area (Å²) in [7, 11) is 0. The third-order valence-corrected chi connectivity index (χ3v) is 3.82. The van der Waals surface area contributed by atoms with Gasteiger partial charge in [-0.05, 0) is 24.8 Å². The molecule has 1 aliphatic carbocycles. The Morgan fingerprint density at radius 2 is 2.22 bits per heavy atom. The average Bonchev–Trinajstić information content (AvgIpc) is 2.86. The lowest BCUT2D eigenvalue weighted by Crippen LogP contribution is -2.37. The van der Waals surface area contributed by atoms with Gasteiger partial charge in [-0.1, -0.05) is 12.8 Å². The van der Waals surface area contributed by atoms with E-state index < -0.39 is 0 Å². The van der Waals surface area contributed by atoms with E-state index in [1.165, 1.54) is 19.3 Å². The number of hydrogen-bond acceptors (Lipinski definition) is 4. The van der Waals surface area contributed by atoms with Crippen molar-refractivity contribution in [3.8, 4) is 0 Å². The van der Waals surface area contributed by atoms with Gasteiger partial charge in [0.25, 0.3) is 0 Å². The summed E-state index contributed by atoms with van der Waals surface area (Å²) in [6, 6.07) is 2.30. The fraction of sp³-hybridized carbons (Fsp3) is 0.538. The van der Waals surface area contributed by atoms with Crippen molar-refractivity contribution >= 4 is 11.3 Å². The van der Waals surface area contributed by atoms with Gasteiger partial charge in [0.2, 0.25) is 0 Å². The van der Waals surface area contributed by atoms with Gasteiger partial charge >= 0.3 is 0 Å². The number of rotatable bonds is 3. The van der Waals surface area contributed by atoms with Gasteiger partial charge in [0.15, 0.2) is 5.82 Å². The quantitative estimate of drug-likeness (QED) is 0.863. The van der Waals surface area contributed by atoms with Crippen LogP contribution in [0.15, 0.2) is 24.7 Å². The first-order chi connectivity index (χ1) is 8.84. The SMILES string of the molecule is NC1CCCCC1CNc1nccn2nccc12. The van der Waals surface area contributed by atoms with E-state index in [0.29, 0.717) is 12.0 Å². The maximum absolute atomic E-state index is 6.16. The zero-order valence-electron chi connectivity index (χ0n) is 10.4. The molecule has 0 amide bonds. The minimum atomic E-state index is 0.330. The third-order valence-electron chi connectivity index (χ3n) is 3.82. The Kier molecular flexibility index (Phi) is 3.15. The second kappa shape index (κ2) is 4.94. The van der Waals surface area contributed by atoms with Gasteiger partial charge in [-0.3, -0.25) is 0 Å². The van der Waals surface area contributed by atoms with Crippen molar-refractivity contribution in [2.45, 2.75) is 31.7 Å². The molecule has 3 rings (SSSR count). The summed E-state index contributed by atoms with van der Waals surface area (Å²) >= 11 is 0. The van der Waals surface area contributed by atoms with Gasteiger partial charge in [-0.2, -0.15) is 5.10 Å². The smallest absolute Gasteiger partial charge is 0.152 e. The van der Waals surface area contributed by atoms with Crippen LogP contribution in [0.4, 0.5) is 5.82 Å². The molecule has 1 aliphatic rings. The van der Waals surface area contributed by atoms with Gasteiger partial charge in [-0.15, -0.1) is 0 Å². The summed E-state index contributed by atoms with van der Waals surface area (Å²) in [6.07, 6.45) is 10.3. The van der Waals surface area contributed by atoms with Gasteiger partial charge in [0.05, 0.1) is 6.20 Å². The Bertz CT molecular complexity index is 521. The molecule has 1 fully saturated rings. The van der Waals surface area contributed by atoms with E-state index in [4.69, 9.17) is 5.73 Å². The lowest BCUT2D eigenvalue weighted by molar-refractivity contribution is 0.321. The number of nitrogens with two attached hydrogens (primary N) is 1. The van der Waals surface area contributed by atoms with Crippen molar-refractivity contribution in [1.82, 2.24) is 14.6 Å². The van der Waals surface area contributed by atoms with Gasteiger partial charge in [0.1, 0.15) is 5.52 Å². The summed E-state index contributed by atoms with van der Waals surface area (Å²) in [5.41, 5.74) is 7.17. The minimum absolute atomic E-state index is 0.330. The first kappa shape index (κ1) is 11.5. The van der Waals surface area contributed by atoms with Crippen LogP contribution in [-0.4, -0.2) is 27.2 Å². The van der Waals surface area contributed by atoms with Crippen molar-refractivity contribution in [3.05, 3.63) is 24.7 Å². The van der Waals surface area contributed by atoms with Crippen LogP contribution in [0.3, 0.4) is 0 Å². The minimum Gasteiger partial charge on any atom is -0.368 e. The Morgan fingerprint density at radius 3 is 3.11 bits per heavy atom. The first-order valence-corrected chi connectivity index (χ1v) is 6.62. The van der Waals surface area contributed by atoms with Crippen LogP contribution < -0.4 is 11.1 Å². The first-order valence-electron chi connectivity index (χ1n) is 6.62. The maximum atomic E-state index is 6.16. The third kappa shape index (κ3) is 2.18. The molecule has 2 aromatic heterocycles. The molecule has 0 radical (unpaired) electrons. The molecule has 0 bridgehead atoms. The summed E-state index contributed by atoms with van der Waals surface area (Å²) in [5, 5.41) is 7.62. The molecule has 0 aromatic carbocycles. The Hall–Kier alpha value is -1.62. The van der Waals surface area contributed by atoms with Crippen molar-refractivity contribution in [2.75, 3.05) is 11.9 Å². The van der Waals surface area contributed by atoms with Crippen LogP contribution >= 0.6 is 0 Å². The second-order valence-electron chi connectivity index (χ2n) is 5.03. The Morgan fingerprint density at radius 1 is 1.33 bits per heavy atom. The molecular weight excluding hydrogens is 226 g/mol. The second-order valence-corrected chi connectivity index (χ2v) is 5.03. The molecule has 2 unspecified atom stereocenters. The predicted octanol–water partition coefficient (Wildman–Crippen LogP) is 1.66. The highest BCUT2D eigenvalue weighted by Gasteiger charge is 2.21. The summed E-state index contributed by atoms with van der Waals surface area (Å²) in [4.78, 5) is 4.38. The molecule has 18 heavy (non-hydrogen) atoms. The number of nitrogens with one attached hydrogen (secondary N) is 1. The van der Waals surface area contributed by atoms with Crippen molar-refractivity contribution in [2.24, 2.45) is 11.7 Å². The van der Waals surface area contributed by atoms with Crippen LogP contribution in [0.25, 0.3) is 5.52 Å². The maximum Gasteiger partial charge on any atom is 0.152 e. The number of nitrogens with zero attached hydrogens (tertiary/aromatic N) is 3. The molecule has 96 valence electrons. The fourth-order valence-corrected chi connectivity index (χ4v) is 2.71. The van der Waals surface area contributed by atoms with Crippen LogP contribution in [0, 0.1) is 5.92 Å². The summed E-state index contributed by atoms with van der Waals surface area (Å²) in [6.45, 7) is 0.902. The highest BCUT2D eigenvalue weighted by molar-refractivity contribution is 5.66. The van der Waals surface area contributed by atoms with Gasteiger partial charge in [0, 0.05) is 25.0 Å². The standard InChI is InChI=1S/C13H19N5/c14-11-4-2-1-3-10(11)9-16-13-12-5-6-17-18(12)8-7-15-13/h5-8,10-11H,1-4,9,14H2,(H,15,16). The van der Waals surface area contributed by atoms with Crippen molar-refractivity contribution < 1.29 is 0 Å². The fourth-order valence-electron chi connectivity index (χ4n) is 2.71. The highest BCUT2D eigenvalue weighted by Crippen LogP contribution is 2.23. The largest absolute Gasteiger partial charge is 0.368 e. The lowest BCUT2D eigenvalue weighted by atomic mass is 9.85. The van der Waals surface area contributed by atoms with Crippen molar-refractivity contribution in [3.63, 3.8) is 0 Å². The van der Waals surface area contributed by atoms with Crippen LogP contribution in [0.1, 0.15) is 25.7 Å². The van der Waals surface area contributed by atoms with Gasteiger partial charge in [-0.25, -0.2) is 9.50 Å². The zero-order valence-corrected chi connectivity index (χ0v) is 10.4. The average molecular weight is 245 g/mol. The topological polar surface area (TPSA) is 68.2 Å². The molecule has 1 saturated carbocycles. The number of aromatic nitrogens is 3.